The molecular formula is C17H11NO2S. The average Bonchev–Trinajstić information content (AvgIpc) is 2.95. The first kappa shape index (κ1) is 12.2. The van der Waals surface area contributed by atoms with Crippen LogP contribution in [-0.2, 0) is 0 Å². The normalized spacial score (nSPS) is 11.2. The molecule has 0 aliphatic carbocycles. The zero-order valence-electron chi connectivity index (χ0n) is 11.0. The maximum Gasteiger partial charge on any atom is 0.266 e. The molecule has 0 saturated carbocycles. The van der Waals surface area contributed by atoms with Crippen LogP contribution in [-0.4, -0.2) is 10.1 Å². The Kier molecular flexibility index (Phi) is 2.59. The van der Waals surface area contributed by atoms with Crippen molar-refractivity contribution >= 4 is 32.3 Å². The number of aromatic nitrogens is 1. The minimum atomic E-state index is -0.0876. The molecule has 0 atom stereocenters. The second kappa shape index (κ2) is 4.46. The summed E-state index contributed by atoms with van der Waals surface area (Å²) in [4.78, 5) is 15.1. The van der Waals surface area contributed by atoms with Gasteiger partial charge in [-0.1, -0.05) is 30.3 Å². The molecule has 4 rings (SSSR count). The second-order valence-electron chi connectivity index (χ2n) is 4.90. The minimum absolute atomic E-state index is 0.0876. The first-order chi connectivity index (χ1) is 10.2. The van der Waals surface area contributed by atoms with Crippen molar-refractivity contribution in [3.63, 3.8) is 0 Å². The SMILES string of the molecule is O=c1[nH]c2ccc(O)cc2c2c(-c3ccccc3)csc12. The molecule has 2 aromatic carbocycles. The van der Waals surface area contributed by atoms with Crippen LogP contribution >= 0.6 is 11.3 Å². The summed E-state index contributed by atoms with van der Waals surface area (Å²) in [5.41, 5.74) is 2.74. The van der Waals surface area contributed by atoms with E-state index in [1.165, 1.54) is 11.3 Å². The number of hydrogen-bond acceptors (Lipinski definition) is 3. The topological polar surface area (TPSA) is 53.1 Å². The third-order valence-electron chi connectivity index (χ3n) is 3.60. The minimum Gasteiger partial charge on any atom is -0.508 e. The van der Waals surface area contributed by atoms with Gasteiger partial charge in [0.2, 0.25) is 0 Å². The molecule has 0 aliphatic heterocycles. The van der Waals surface area contributed by atoms with Gasteiger partial charge in [0.1, 0.15) is 10.4 Å². The van der Waals surface area contributed by atoms with Gasteiger partial charge in [-0.05, 0) is 23.8 Å². The first-order valence-corrected chi connectivity index (χ1v) is 7.43. The number of H-pyrrole nitrogens is 1. The van der Waals surface area contributed by atoms with Gasteiger partial charge in [-0.15, -0.1) is 11.3 Å². The number of aromatic hydroxyl groups is 1. The van der Waals surface area contributed by atoms with Crippen molar-refractivity contribution in [1.82, 2.24) is 4.98 Å². The molecule has 2 heterocycles. The smallest absolute Gasteiger partial charge is 0.266 e. The van der Waals surface area contributed by atoms with Crippen molar-refractivity contribution in [3.8, 4) is 16.9 Å². The Morgan fingerprint density at radius 1 is 1.05 bits per heavy atom. The fraction of sp³-hybridized carbons (Fsp3) is 0. The third-order valence-corrected chi connectivity index (χ3v) is 4.58. The van der Waals surface area contributed by atoms with E-state index < -0.39 is 0 Å². The van der Waals surface area contributed by atoms with Gasteiger partial charge in [0.05, 0.1) is 0 Å². The summed E-state index contributed by atoms with van der Waals surface area (Å²) in [5, 5.41) is 13.5. The summed E-state index contributed by atoms with van der Waals surface area (Å²) in [6.45, 7) is 0. The van der Waals surface area contributed by atoms with Gasteiger partial charge >= 0.3 is 0 Å². The lowest BCUT2D eigenvalue weighted by atomic mass is 10.0. The predicted octanol–water partition coefficient (Wildman–Crippen LogP) is 4.12. The summed E-state index contributed by atoms with van der Waals surface area (Å²) in [6.07, 6.45) is 0. The number of phenolic OH excluding ortho intramolecular Hbond substituents is 1. The summed E-state index contributed by atoms with van der Waals surface area (Å²) < 4.78 is 0.687. The van der Waals surface area contributed by atoms with Crippen LogP contribution in [0.1, 0.15) is 0 Å². The lowest BCUT2D eigenvalue weighted by molar-refractivity contribution is 0.476. The molecule has 3 nitrogen and oxygen atoms in total. The number of thiophene rings is 1. The van der Waals surface area contributed by atoms with Crippen LogP contribution in [0.4, 0.5) is 0 Å². The zero-order chi connectivity index (χ0) is 14.4. The van der Waals surface area contributed by atoms with Gasteiger partial charge in [-0.3, -0.25) is 4.79 Å². The molecule has 0 unspecified atom stereocenters. The van der Waals surface area contributed by atoms with Crippen LogP contribution in [0.3, 0.4) is 0 Å². The average molecular weight is 293 g/mol. The van der Waals surface area contributed by atoms with E-state index in [4.69, 9.17) is 0 Å². The van der Waals surface area contributed by atoms with Crippen LogP contribution in [0.15, 0.2) is 58.7 Å². The van der Waals surface area contributed by atoms with E-state index in [1.54, 1.807) is 18.2 Å². The number of rotatable bonds is 1. The fourth-order valence-corrected chi connectivity index (χ4v) is 3.64. The third kappa shape index (κ3) is 1.84. The second-order valence-corrected chi connectivity index (χ2v) is 5.78. The maximum atomic E-state index is 12.2. The van der Waals surface area contributed by atoms with Gasteiger partial charge in [-0.25, -0.2) is 0 Å². The molecule has 0 saturated heterocycles. The van der Waals surface area contributed by atoms with E-state index in [2.05, 4.69) is 4.98 Å². The Bertz CT molecular complexity index is 1020. The summed E-state index contributed by atoms with van der Waals surface area (Å²) in [6, 6.07) is 15.0. The highest BCUT2D eigenvalue weighted by Crippen LogP contribution is 2.37. The molecule has 21 heavy (non-hydrogen) atoms. The number of hydrogen-bond donors (Lipinski definition) is 2. The number of nitrogens with one attached hydrogen (secondary N) is 1. The van der Waals surface area contributed by atoms with Crippen molar-refractivity contribution in [2.24, 2.45) is 0 Å². The molecule has 0 bridgehead atoms. The number of phenols is 1. The molecule has 0 radical (unpaired) electrons. The van der Waals surface area contributed by atoms with Crippen molar-refractivity contribution in [3.05, 3.63) is 64.3 Å². The molecule has 2 aromatic heterocycles. The predicted molar refractivity (Wildman–Crippen MR) is 87.1 cm³/mol. The van der Waals surface area contributed by atoms with Crippen molar-refractivity contribution < 1.29 is 5.11 Å². The summed E-state index contributed by atoms with van der Waals surface area (Å²) in [5.74, 6) is 0.195. The molecule has 4 aromatic rings. The van der Waals surface area contributed by atoms with E-state index in [9.17, 15) is 9.90 Å². The van der Waals surface area contributed by atoms with Gasteiger partial charge in [0.15, 0.2) is 0 Å². The van der Waals surface area contributed by atoms with Crippen molar-refractivity contribution in [2.45, 2.75) is 0 Å². The Hall–Kier alpha value is -2.59. The highest BCUT2D eigenvalue weighted by atomic mass is 32.1. The van der Waals surface area contributed by atoms with Crippen LogP contribution in [0, 0.1) is 0 Å². The van der Waals surface area contributed by atoms with E-state index in [1.807, 2.05) is 35.7 Å². The summed E-state index contributed by atoms with van der Waals surface area (Å²) in [7, 11) is 0. The first-order valence-electron chi connectivity index (χ1n) is 6.55. The highest BCUT2D eigenvalue weighted by Gasteiger charge is 2.13. The van der Waals surface area contributed by atoms with Gasteiger partial charge in [-0.2, -0.15) is 0 Å². The molecule has 0 spiro atoms. The number of aromatic amines is 1. The van der Waals surface area contributed by atoms with E-state index in [-0.39, 0.29) is 11.3 Å². The lowest BCUT2D eigenvalue weighted by Crippen LogP contribution is -2.04. The number of fused-ring (bicyclic) bond motifs is 3. The van der Waals surface area contributed by atoms with Gasteiger partial charge < -0.3 is 10.1 Å². The van der Waals surface area contributed by atoms with E-state index in [0.717, 1.165) is 27.4 Å². The molecule has 0 aliphatic rings. The van der Waals surface area contributed by atoms with Crippen LogP contribution in [0.25, 0.3) is 32.1 Å². The Labute approximate surface area is 124 Å². The van der Waals surface area contributed by atoms with E-state index >= 15 is 0 Å². The van der Waals surface area contributed by atoms with E-state index in [0.29, 0.717) is 4.70 Å². The van der Waals surface area contributed by atoms with Crippen LogP contribution in [0.5, 0.6) is 5.75 Å². The zero-order valence-corrected chi connectivity index (χ0v) is 11.8. The fourth-order valence-electron chi connectivity index (χ4n) is 2.65. The van der Waals surface area contributed by atoms with Crippen molar-refractivity contribution in [2.75, 3.05) is 0 Å². The summed E-state index contributed by atoms with van der Waals surface area (Å²) >= 11 is 1.43. The molecule has 4 heteroatoms. The standard InChI is InChI=1S/C17H11NO2S/c19-11-6-7-14-12(8-11)15-13(10-4-2-1-3-5-10)9-21-16(15)17(20)18-14/h1-9,19H,(H,18,20). The van der Waals surface area contributed by atoms with Gasteiger partial charge in [0, 0.05) is 27.2 Å². The molecule has 102 valence electrons. The lowest BCUT2D eigenvalue weighted by Gasteiger charge is -2.04. The highest BCUT2D eigenvalue weighted by molar-refractivity contribution is 7.17. The Morgan fingerprint density at radius 2 is 1.86 bits per heavy atom. The maximum absolute atomic E-state index is 12.2. The van der Waals surface area contributed by atoms with Crippen LogP contribution in [0.2, 0.25) is 0 Å². The largest absolute Gasteiger partial charge is 0.508 e. The Balaban J connectivity index is 2.22. The van der Waals surface area contributed by atoms with Crippen LogP contribution < -0.4 is 5.56 Å². The molecular weight excluding hydrogens is 282 g/mol. The van der Waals surface area contributed by atoms with Gasteiger partial charge in [0.25, 0.3) is 5.56 Å². The molecule has 0 amide bonds. The monoisotopic (exact) mass is 293 g/mol. The quantitative estimate of drug-likeness (QED) is 0.555. The molecule has 2 N–H and O–H groups in total. The number of pyridine rings is 1. The van der Waals surface area contributed by atoms with Crippen molar-refractivity contribution in [1.29, 1.82) is 0 Å². The number of benzene rings is 2. The Morgan fingerprint density at radius 3 is 2.67 bits per heavy atom. The molecule has 0 fully saturated rings.